The van der Waals surface area contributed by atoms with Crippen LogP contribution in [-0.4, -0.2) is 111 Å². The van der Waals surface area contributed by atoms with Crippen LogP contribution in [0.25, 0.3) is 0 Å². The first-order valence-corrected chi connectivity index (χ1v) is 38.3. The molecule has 8 atom stereocenters. The number of nitrogens with zero attached hydrogens (tertiary/aromatic N) is 9. The molecule has 4 aromatic carbocycles. The summed E-state index contributed by atoms with van der Waals surface area (Å²) in [4.78, 5) is 58.0. The molecule has 0 saturated heterocycles. The molecule has 21 nitrogen and oxygen atoms in total. The zero-order chi connectivity index (χ0) is 72.3. The van der Waals surface area contributed by atoms with E-state index in [2.05, 4.69) is 78.0 Å². The first-order valence-electron chi connectivity index (χ1n) is 37.2. The van der Waals surface area contributed by atoms with E-state index in [1.807, 2.05) is 9.80 Å². The number of aryl methyl sites for hydroxylation is 1. The van der Waals surface area contributed by atoms with Crippen molar-refractivity contribution in [2.75, 3.05) is 47.4 Å². The van der Waals surface area contributed by atoms with Crippen molar-refractivity contribution in [3.05, 3.63) is 184 Å². The molecular formula is C78H83BrClF4N17O4. The highest BCUT2D eigenvalue weighted by Crippen LogP contribution is 2.68. The van der Waals surface area contributed by atoms with Crippen LogP contribution < -0.4 is 21.3 Å². The number of benzene rings is 4. The molecule has 8 heterocycles. The summed E-state index contributed by atoms with van der Waals surface area (Å²) in [6.45, 7) is 6.53. The minimum atomic E-state index is -0.587. The maximum absolute atomic E-state index is 13.5. The Hall–Kier alpha value is -9.22. The largest absolute Gasteiger partial charge is 0.322 e. The molecule has 0 spiro atoms. The van der Waals surface area contributed by atoms with Crippen LogP contribution in [0.2, 0.25) is 5.02 Å². The van der Waals surface area contributed by atoms with Crippen LogP contribution in [-0.2, 0) is 73.5 Å². The SMILES string of the molecule is Cc1cc(NC(=O)N2CCc3[nH]nc(C45CCCC4C5)c3C2)ccc1F.N#Cc1cc(NC(=O)N2CCc3[nH]nc(C45CCCC4C5)c3C2)ccc1F.O=C(Nc1ccc(F)c(Br)c1)N1CCc2[nH]nc(C34CCCC3C4)c2C1.O=C(Nc1ccc(F)c(Cl)c1)N1CCc2[nH]nc(C34CCCC3C4)c2C1. The number of anilines is 4. The number of aromatic amines is 4. The molecular weight excluding hydrogens is 1430 g/mol. The molecule has 8 N–H and O–H groups in total. The molecule has 12 aliphatic rings. The van der Waals surface area contributed by atoms with Gasteiger partial charge in [0.15, 0.2) is 0 Å². The third-order valence-electron chi connectivity index (χ3n) is 25.5. The van der Waals surface area contributed by atoms with Gasteiger partial charge in [-0.25, -0.2) is 36.7 Å². The zero-order valence-electron chi connectivity index (χ0n) is 58.5. The molecule has 4 aliphatic heterocycles. The van der Waals surface area contributed by atoms with Crippen molar-refractivity contribution in [3.63, 3.8) is 0 Å². The van der Waals surface area contributed by atoms with Crippen LogP contribution in [0.5, 0.6) is 0 Å². The van der Waals surface area contributed by atoms with Gasteiger partial charge in [0.1, 0.15) is 29.3 Å². The summed E-state index contributed by atoms with van der Waals surface area (Å²) in [7, 11) is 0. The Balaban J connectivity index is 0.000000103. The van der Waals surface area contributed by atoms with Crippen LogP contribution in [0.4, 0.5) is 59.5 Å². The number of halogens is 6. The number of rotatable bonds is 8. The van der Waals surface area contributed by atoms with Gasteiger partial charge in [0.25, 0.3) is 0 Å². The highest BCUT2D eigenvalue weighted by molar-refractivity contribution is 9.10. The van der Waals surface area contributed by atoms with Crippen LogP contribution in [0.1, 0.15) is 182 Å². The van der Waals surface area contributed by atoms with Gasteiger partial charge in [0, 0.05) is 141 Å². The van der Waals surface area contributed by atoms with Crippen LogP contribution in [0, 0.1) is 65.2 Å². The van der Waals surface area contributed by atoms with Crippen LogP contribution in [0.3, 0.4) is 0 Å². The van der Waals surface area contributed by atoms with Gasteiger partial charge in [-0.15, -0.1) is 0 Å². The number of amides is 8. The third kappa shape index (κ3) is 12.8. The highest BCUT2D eigenvalue weighted by Gasteiger charge is 2.63. The van der Waals surface area contributed by atoms with Crippen molar-refractivity contribution in [3.8, 4) is 6.07 Å². The summed E-state index contributed by atoms with van der Waals surface area (Å²) in [5.41, 5.74) is 18.0. The number of urea groups is 4. The van der Waals surface area contributed by atoms with Crippen molar-refractivity contribution in [1.82, 2.24) is 60.4 Å². The topological polar surface area (TPSA) is 268 Å². The standard InChI is InChI=1S/C20H20FN5O.C20H23FN4O.C19H20BrFN4O.C19H20ClFN4O/c21-16-4-3-14(8-12(16)10-22)23-19(27)26-7-5-17-15(11-26)18(25-24-17)20-6-1-2-13(20)9-20;1-12-9-14(4-5-16(12)21)22-19(26)25-8-6-17-15(11-25)18(24-23-17)20-7-2-3-13(20)10-20;2*20-14-8-12(3-4-15(14)21)22-18(26)25-7-5-16-13(10-25)17(24-23-16)19-6-1-2-11(19)9-19/h3-4,8,13H,1-2,5-7,9,11H2,(H,23,27)(H,24,25);4-5,9,13H,2-3,6-8,10-11H2,1H3,(H,22,26)(H,23,24);2*3-4,8,11H,1-2,5-7,9-10H2,(H,22,26)(H,23,24). The fraction of sp³-hybridized carbons (Fsp3) is 0.474. The predicted molar refractivity (Wildman–Crippen MR) is 389 cm³/mol. The number of carbonyl (C=O) groups excluding carboxylic acids is 4. The molecule has 27 heteroatoms. The van der Waals surface area contributed by atoms with E-state index in [1.54, 1.807) is 47.1 Å². The number of nitriles is 1. The molecule has 105 heavy (non-hydrogen) atoms. The molecule has 8 saturated carbocycles. The van der Waals surface area contributed by atoms with E-state index >= 15 is 0 Å². The third-order valence-corrected chi connectivity index (χ3v) is 26.4. The number of aromatic nitrogens is 8. The van der Waals surface area contributed by atoms with Crippen molar-refractivity contribution in [2.45, 2.75) is 183 Å². The predicted octanol–water partition coefficient (Wildman–Crippen LogP) is 15.9. The highest BCUT2D eigenvalue weighted by atomic mass is 79.9. The second kappa shape index (κ2) is 27.0. The van der Waals surface area contributed by atoms with E-state index in [4.69, 9.17) is 16.9 Å². The van der Waals surface area contributed by atoms with E-state index in [0.717, 1.165) is 55.0 Å². The second-order valence-corrected chi connectivity index (χ2v) is 32.6. The number of hydrogen-bond acceptors (Lipinski definition) is 9. The summed E-state index contributed by atoms with van der Waals surface area (Å²) >= 11 is 8.95. The molecule has 8 amide bonds. The Bertz CT molecular complexity index is 4510. The smallest absolute Gasteiger partial charge is 0.320 e. The van der Waals surface area contributed by atoms with Crippen molar-refractivity contribution in [1.29, 1.82) is 5.26 Å². The Morgan fingerprint density at radius 1 is 0.467 bits per heavy atom. The maximum atomic E-state index is 13.5. The van der Waals surface area contributed by atoms with Gasteiger partial charge in [-0.3, -0.25) is 20.4 Å². The average molecular weight is 1510 g/mol. The van der Waals surface area contributed by atoms with Gasteiger partial charge >= 0.3 is 24.1 Å². The number of H-pyrrole nitrogens is 4. The molecule has 0 radical (unpaired) electrons. The summed E-state index contributed by atoms with van der Waals surface area (Å²) in [5.74, 6) is 1.43. The Kier molecular flexibility index (Phi) is 17.7. The Labute approximate surface area is 618 Å². The van der Waals surface area contributed by atoms with E-state index in [0.29, 0.717) is 85.1 Å². The fourth-order valence-electron chi connectivity index (χ4n) is 19.4. The fourth-order valence-corrected chi connectivity index (χ4v) is 20.0. The average Bonchev–Trinajstić information content (AvgIpc) is 1.57. The lowest BCUT2D eigenvalue weighted by molar-refractivity contribution is 0.205. The maximum Gasteiger partial charge on any atom is 0.322 e. The lowest BCUT2D eigenvalue weighted by Crippen LogP contribution is -2.39. The lowest BCUT2D eigenvalue weighted by Gasteiger charge is -2.28. The van der Waals surface area contributed by atoms with Crippen molar-refractivity contribution in [2.24, 2.45) is 23.7 Å². The first kappa shape index (κ1) is 68.9. The first-order chi connectivity index (χ1) is 50.8. The summed E-state index contributed by atoms with van der Waals surface area (Å²) < 4.78 is 53.9. The molecule has 546 valence electrons. The van der Waals surface area contributed by atoms with E-state index in [-0.39, 0.29) is 68.0 Å². The molecule has 8 fully saturated rings. The van der Waals surface area contributed by atoms with Gasteiger partial charge in [0.2, 0.25) is 0 Å². The number of fused-ring (bicyclic) bond motifs is 8. The van der Waals surface area contributed by atoms with Crippen LogP contribution in [0.15, 0.2) is 77.3 Å². The minimum absolute atomic E-state index is 0.000889. The molecule has 20 rings (SSSR count). The monoisotopic (exact) mass is 1510 g/mol. The zero-order valence-corrected chi connectivity index (χ0v) is 60.8. The number of carbonyl (C=O) groups is 4. The normalized spacial score (nSPS) is 26.2. The van der Waals surface area contributed by atoms with Gasteiger partial charge in [0.05, 0.1) is 64.0 Å². The Morgan fingerprint density at radius 3 is 1.09 bits per heavy atom. The van der Waals surface area contributed by atoms with Gasteiger partial charge in [-0.2, -0.15) is 25.7 Å². The van der Waals surface area contributed by atoms with Crippen LogP contribution >= 0.6 is 27.5 Å². The van der Waals surface area contributed by atoms with E-state index in [1.165, 1.54) is 213 Å². The van der Waals surface area contributed by atoms with Gasteiger partial charge < -0.3 is 40.9 Å². The number of nitrogens with one attached hydrogen (secondary N) is 8. The minimum Gasteiger partial charge on any atom is -0.320 e. The molecule has 8 unspecified atom stereocenters. The van der Waals surface area contributed by atoms with Crippen molar-refractivity contribution < 1.29 is 36.7 Å². The van der Waals surface area contributed by atoms with Gasteiger partial charge in [-0.1, -0.05) is 37.3 Å². The van der Waals surface area contributed by atoms with Crippen molar-refractivity contribution >= 4 is 74.4 Å². The lowest BCUT2D eigenvalue weighted by atomic mass is 9.92. The van der Waals surface area contributed by atoms with E-state index < -0.39 is 11.6 Å². The quantitative estimate of drug-likeness (QED) is 0.0671. The summed E-state index contributed by atoms with van der Waals surface area (Å²) in [6.07, 6.45) is 23.3. The molecule has 8 aromatic rings. The number of hydrogen-bond donors (Lipinski definition) is 8. The second-order valence-electron chi connectivity index (χ2n) is 31.3. The molecule has 8 aliphatic carbocycles. The van der Waals surface area contributed by atoms with Gasteiger partial charge in [-0.05, 0) is 202 Å². The Morgan fingerprint density at radius 2 is 0.781 bits per heavy atom. The van der Waals surface area contributed by atoms with E-state index in [9.17, 15) is 36.7 Å². The summed E-state index contributed by atoms with van der Waals surface area (Å²) in [6, 6.07) is 18.5. The summed E-state index contributed by atoms with van der Waals surface area (Å²) in [5, 5.41) is 51.8. The molecule has 0 bridgehead atoms. The molecule has 4 aromatic heterocycles.